The number of aryl methyl sites for hydroxylation is 1. The molecule has 0 radical (unpaired) electrons. The Balaban J connectivity index is 2.22. The number of pyridine rings is 2. The van der Waals surface area contributed by atoms with Gasteiger partial charge in [0.25, 0.3) is 0 Å². The molecule has 4 heteroatoms. The monoisotopic (exact) mass is 211 g/mol. The van der Waals surface area contributed by atoms with Crippen molar-refractivity contribution in [3.8, 4) is 17.6 Å². The van der Waals surface area contributed by atoms with Gasteiger partial charge in [0.15, 0.2) is 0 Å². The minimum absolute atomic E-state index is 0.371. The molecule has 0 aliphatic heterocycles. The lowest BCUT2D eigenvalue weighted by atomic mass is 10.3. The van der Waals surface area contributed by atoms with Gasteiger partial charge in [0.05, 0.1) is 11.9 Å². The van der Waals surface area contributed by atoms with Crippen LogP contribution >= 0.6 is 0 Å². The van der Waals surface area contributed by atoms with Gasteiger partial charge in [-0.1, -0.05) is 0 Å². The van der Waals surface area contributed by atoms with Crippen molar-refractivity contribution < 1.29 is 4.74 Å². The molecule has 2 aromatic rings. The molecule has 0 aliphatic rings. The molecule has 2 heterocycles. The van der Waals surface area contributed by atoms with Crippen molar-refractivity contribution in [1.82, 2.24) is 9.97 Å². The SMILES string of the molecule is Cc1ncccc1Oc1ccc(C#N)nc1. The van der Waals surface area contributed by atoms with Crippen LogP contribution in [0.2, 0.25) is 0 Å². The van der Waals surface area contributed by atoms with E-state index in [9.17, 15) is 0 Å². The van der Waals surface area contributed by atoms with Gasteiger partial charge in [0, 0.05) is 6.20 Å². The number of aromatic nitrogens is 2. The average Bonchev–Trinajstić information content (AvgIpc) is 2.33. The molecule has 2 rings (SSSR count). The van der Waals surface area contributed by atoms with E-state index in [1.165, 1.54) is 6.20 Å². The Kier molecular flexibility index (Phi) is 2.79. The van der Waals surface area contributed by atoms with E-state index in [4.69, 9.17) is 10.00 Å². The molecule has 0 unspecified atom stereocenters. The van der Waals surface area contributed by atoms with E-state index in [-0.39, 0.29) is 0 Å². The summed E-state index contributed by atoms with van der Waals surface area (Å²) in [5.74, 6) is 1.28. The van der Waals surface area contributed by atoms with Crippen LogP contribution in [0.3, 0.4) is 0 Å². The second-order valence-corrected chi connectivity index (χ2v) is 3.18. The van der Waals surface area contributed by atoms with Gasteiger partial charge in [0.1, 0.15) is 23.3 Å². The fourth-order valence-corrected chi connectivity index (χ4v) is 1.21. The molecule has 4 nitrogen and oxygen atoms in total. The minimum Gasteiger partial charge on any atom is -0.454 e. The van der Waals surface area contributed by atoms with E-state index in [1.807, 2.05) is 19.1 Å². The lowest BCUT2D eigenvalue weighted by molar-refractivity contribution is 0.473. The highest BCUT2D eigenvalue weighted by Crippen LogP contribution is 2.22. The number of hydrogen-bond acceptors (Lipinski definition) is 4. The Morgan fingerprint density at radius 2 is 2.12 bits per heavy atom. The topological polar surface area (TPSA) is 58.8 Å². The summed E-state index contributed by atoms with van der Waals surface area (Å²) in [7, 11) is 0. The Morgan fingerprint density at radius 1 is 1.25 bits per heavy atom. The molecule has 0 bridgehead atoms. The maximum absolute atomic E-state index is 8.60. The predicted molar refractivity (Wildman–Crippen MR) is 58.0 cm³/mol. The van der Waals surface area contributed by atoms with Gasteiger partial charge in [-0.3, -0.25) is 4.98 Å². The molecule has 0 aliphatic carbocycles. The Bertz CT molecular complexity index is 529. The van der Waals surface area contributed by atoms with Crippen molar-refractivity contribution in [2.75, 3.05) is 0 Å². The van der Waals surface area contributed by atoms with Crippen LogP contribution in [0, 0.1) is 18.3 Å². The van der Waals surface area contributed by atoms with Crippen LogP contribution in [0.5, 0.6) is 11.5 Å². The van der Waals surface area contributed by atoms with E-state index in [0.717, 1.165) is 5.69 Å². The summed E-state index contributed by atoms with van der Waals surface area (Å²) in [6.45, 7) is 1.87. The van der Waals surface area contributed by atoms with E-state index >= 15 is 0 Å². The molecule has 0 atom stereocenters. The number of ether oxygens (including phenoxy) is 1. The smallest absolute Gasteiger partial charge is 0.148 e. The number of nitriles is 1. The van der Waals surface area contributed by atoms with Gasteiger partial charge >= 0.3 is 0 Å². The molecule has 0 saturated heterocycles. The molecule has 16 heavy (non-hydrogen) atoms. The summed E-state index contributed by atoms with van der Waals surface area (Å²) in [5.41, 5.74) is 1.18. The fraction of sp³-hybridized carbons (Fsp3) is 0.0833. The zero-order valence-electron chi connectivity index (χ0n) is 8.71. The third kappa shape index (κ3) is 2.15. The Morgan fingerprint density at radius 3 is 2.75 bits per heavy atom. The second kappa shape index (κ2) is 4.41. The van der Waals surface area contributed by atoms with Crippen molar-refractivity contribution in [3.63, 3.8) is 0 Å². The summed E-state index contributed by atoms with van der Waals surface area (Å²) < 4.78 is 5.57. The first-order valence-electron chi connectivity index (χ1n) is 4.75. The van der Waals surface area contributed by atoms with Gasteiger partial charge in [-0.15, -0.1) is 0 Å². The standard InChI is InChI=1S/C12H9N3O/c1-9-12(3-2-6-14-9)16-11-5-4-10(7-13)15-8-11/h2-6,8H,1H3. The Labute approximate surface area is 93.2 Å². The van der Waals surface area contributed by atoms with Crippen molar-refractivity contribution in [3.05, 3.63) is 48.0 Å². The molecule has 0 N–H and O–H groups in total. The lowest BCUT2D eigenvalue weighted by Gasteiger charge is -2.06. The molecule has 0 amide bonds. The number of hydrogen-bond donors (Lipinski definition) is 0. The first-order valence-corrected chi connectivity index (χ1v) is 4.75. The van der Waals surface area contributed by atoms with E-state index < -0.39 is 0 Å². The quantitative estimate of drug-likeness (QED) is 0.765. The molecular formula is C12H9N3O. The largest absolute Gasteiger partial charge is 0.454 e. The number of nitrogens with zero attached hydrogens (tertiary/aromatic N) is 3. The van der Waals surface area contributed by atoms with Crippen LogP contribution in [0.15, 0.2) is 36.7 Å². The van der Waals surface area contributed by atoms with Gasteiger partial charge in [-0.05, 0) is 31.2 Å². The van der Waals surface area contributed by atoms with E-state index in [1.54, 1.807) is 24.4 Å². The first-order chi connectivity index (χ1) is 7.79. The van der Waals surface area contributed by atoms with E-state index in [2.05, 4.69) is 9.97 Å². The van der Waals surface area contributed by atoms with E-state index in [0.29, 0.717) is 17.2 Å². The van der Waals surface area contributed by atoms with Crippen molar-refractivity contribution in [1.29, 1.82) is 5.26 Å². The normalized spacial score (nSPS) is 9.50. The third-order valence-electron chi connectivity index (χ3n) is 2.04. The van der Waals surface area contributed by atoms with Crippen LogP contribution in [-0.4, -0.2) is 9.97 Å². The number of rotatable bonds is 2. The van der Waals surface area contributed by atoms with Gasteiger partial charge < -0.3 is 4.74 Å². The van der Waals surface area contributed by atoms with Crippen molar-refractivity contribution in [2.24, 2.45) is 0 Å². The van der Waals surface area contributed by atoms with Crippen LogP contribution in [0.4, 0.5) is 0 Å². The van der Waals surface area contributed by atoms with Gasteiger partial charge in [-0.2, -0.15) is 5.26 Å². The molecule has 78 valence electrons. The molecule has 0 spiro atoms. The van der Waals surface area contributed by atoms with Crippen LogP contribution in [-0.2, 0) is 0 Å². The highest BCUT2D eigenvalue weighted by atomic mass is 16.5. The summed E-state index contributed by atoms with van der Waals surface area (Å²) in [5, 5.41) is 8.60. The van der Waals surface area contributed by atoms with Gasteiger partial charge in [0.2, 0.25) is 0 Å². The van der Waals surface area contributed by atoms with Gasteiger partial charge in [-0.25, -0.2) is 4.98 Å². The highest BCUT2D eigenvalue weighted by molar-refractivity contribution is 5.33. The van der Waals surface area contributed by atoms with Crippen LogP contribution in [0.1, 0.15) is 11.4 Å². The predicted octanol–water partition coefficient (Wildman–Crippen LogP) is 2.45. The molecule has 2 aromatic heterocycles. The minimum atomic E-state index is 0.371. The summed E-state index contributed by atoms with van der Waals surface area (Å²) in [6, 6.07) is 8.91. The highest BCUT2D eigenvalue weighted by Gasteiger charge is 2.01. The fourth-order valence-electron chi connectivity index (χ4n) is 1.21. The Hall–Kier alpha value is -2.41. The maximum atomic E-state index is 8.60. The second-order valence-electron chi connectivity index (χ2n) is 3.18. The molecule has 0 aromatic carbocycles. The first kappa shape index (κ1) is 10.1. The molecule has 0 saturated carbocycles. The zero-order valence-corrected chi connectivity index (χ0v) is 8.71. The third-order valence-corrected chi connectivity index (χ3v) is 2.04. The van der Waals surface area contributed by atoms with Crippen LogP contribution < -0.4 is 4.74 Å². The summed E-state index contributed by atoms with van der Waals surface area (Å²) >= 11 is 0. The molecule has 0 fully saturated rings. The van der Waals surface area contributed by atoms with Crippen LogP contribution in [0.25, 0.3) is 0 Å². The van der Waals surface area contributed by atoms with Crippen molar-refractivity contribution in [2.45, 2.75) is 6.92 Å². The van der Waals surface area contributed by atoms with Crippen molar-refractivity contribution >= 4 is 0 Å². The summed E-state index contributed by atoms with van der Waals surface area (Å²) in [4.78, 5) is 8.03. The summed E-state index contributed by atoms with van der Waals surface area (Å²) in [6.07, 6.45) is 3.23. The molecular weight excluding hydrogens is 202 g/mol. The average molecular weight is 211 g/mol. The lowest BCUT2D eigenvalue weighted by Crippen LogP contribution is -1.90. The zero-order chi connectivity index (χ0) is 11.4. The maximum Gasteiger partial charge on any atom is 0.148 e.